The summed E-state index contributed by atoms with van der Waals surface area (Å²) in [6.07, 6.45) is -0.445. The normalized spacial score (nSPS) is 14.2. The van der Waals surface area contributed by atoms with Gasteiger partial charge in [-0.25, -0.2) is 0 Å². The van der Waals surface area contributed by atoms with Crippen LogP contribution >= 0.6 is 11.6 Å². The molecule has 24 heavy (non-hydrogen) atoms. The van der Waals surface area contributed by atoms with Gasteiger partial charge in [-0.3, -0.25) is 9.59 Å². The highest BCUT2D eigenvalue weighted by Crippen LogP contribution is 2.15. The lowest BCUT2D eigenvalue weighted by Gasteiger charge is -2.35. The maximum atomic E-state index is 12.3. The molecule has 0 aromatic heterocycles. The number of carbonyl (C=O) groups excluding carboxylic acids is 2. The number of β-amino-alcohol motifs (C(OH)–C–C–N with tert-alkyl or cyclic N) is 1. The van der Waals surface area contributed by atoms with E-state index in [1.54, 1.807) is 41.3 Å². The van der Waals surface area contributed by atoms with E-state index in [0.717, 1.165) is 5.56 Å². The van der Waals surface area contributed by atoms with Crippen LogP contribution in [0.5, 0.6) is 0 Å². The van der Waals surface area contributed by atoms with Crippen molar-refractivity contribution < 1.29 is 14.7 Å². The maximum absolute atomic E-state index is 12.3. The van der Waals surface area contributed by atoms with Crippen LogP contribution in [0.4, 0.5) is 0 Å². The van der Waals surface area contributed by atoms with Gasteiger partial charge in [0.15, 0.2) is 0 Å². The van der Waals surface area contributed by atoms with Gasteiger partial charge in [-0.2, -0.15) is 0 Å². The second-order valence-electron chi connectivity index (χ2n) is 5.75. The van der Waals surface area contributed by atoms with E-state index in [2.05, 4.69) is 5.32 Å². The Morgan fingerprint density at radius 1 is 1.12 bits per heavy atom. The van der Waals surface area contributed by atoms with Crippen LogP contribution in [-0.2, 0) is 6.54 Å². The topological polar surface area (TPSA) is 69.6 Å². The third-order valence-corrected chi connectivity index (χ3v) is 4.14. The maximum Gasteiger partial charge on any atom is 0.254 e. The first-order chi connectivity index (χ1) is 11.5. The molecule has 1 aliphatic rings. The molecule has 1 aliphatic heterocycles. The Labute approximate surface area is 144 Å². The van der Waals surface area contributed by atoms with Gasteiger partial charge < -0.3 is 15.3 Å². The second-order valence-corrected chi connectivity index (χ2v) is 6.19. The summed E-state index contributed by atoms with van der Waals surface area (Å²) in [6, 6.07) is 13.8. The highest BCUT2D eigenvalue weighted by molar-refractivity contribution is 6.30. The molecule has 1 fully saturated rings. The Hall–Kier alpha value is -2.37. The second kappa shape index (κ2) is 7.03. The lowest BCUT2D eigenvalue weighted by molar-refractivity contribution is 0.00589. The molecule has 2 N–H and O–H groups in total. The van der Waals surface area contributed by atoms with Crippen LogP contribution in [0.3, 0.4) is 0 Å². The zero-order chi connectivity index (χ0) is 17.1. The minimum absolute atomic E-state index is 0.173. The van der Waals surface area contributed by atoms with E-state index in [0.29, 0.717) is 35.8 Å². The SMILES string of the molecule is O=C(NCc1ccc(Cl)cc1)c1cccc(C(=O)N2CC(O)C2)c1. The van der Waals surface area contributed by atoms with E-state index in [1.807, 2.05) is 12.1 Å². The number of benzene rings is 2. The number of rotatable bonds is 4. The van der Waals surface area contributed by atoms with Gasteiger partial charge in [0, 0.05) is 35.8 Å². The quantitative estimate of drug-likeness (QED) is 0.892. The van der Waals surface area contributed by atoms with Crippen LogP contribution < -0.4 is 5.32 Å². The molecule has 1 saturated heterocycles. The summed E-state index contributed by atoms with van der Waals surface area (Å²) in [7, 11) is 0. The molecule has 0 aliphatic carbocycles. The van der Waals surface area contributed by atoms with E-state index < -0.39 is 6.10 Å². The van der Waals surface area contributed by atoms with E-state index in [-0.39, 0.29) is 11.8 Å². The van der Waals surface area contributed by atoms with E-state index in [9.17, 15) is 14.7 Å². The predicted octanol–water partition coefficient (Wildman–Crippen LogP) is 2.09. The summed E-state index contributed by atoms with van der Waals surface area (Å²) in [4.78, 5) is 26.0. The zero-order valence-corrected chi connectivity index (χ0v) is 13.7. The number of hydrogen-bond donors (Lipinski definition) is 2. The smallest absolute Gasteiger partial charge is 0.254 e. The van der Waals surface area contributed by atoms with Gasteiger partial charge in [-0.1, -0.05) is 29.8 Å². The first-order valence-corrected chi connectivity index (χ1v) is 8.01. The number of likely N-dealkylation sites (tertiary alicyclic amines) is 1. The van der Waals surface area contributed by atoms with Crippen LogP contribution in [0.1, 0.15) is 26.3 Å². The van der Waals surface area contributed by atoms with Crippen LogP contribution in [-0.4, -0.2) is 41.0 Å². The molecule has 2 amide bonds. The van der Waals surface area contributed by atoms with Crippen LogP contribution in [0.2, 0.25) is 5.02 Å². The molecule has 3 rings (SSSR count). The Morgan fingerprint density at radius 2 is 1.79 bits per heavy atom. The van der Waals surface area contributed by atoms with Gasteiger partial charge in [-0.05, 0) is 35.9 Å². The number of nitrogens with one attached hydrogen (secondary N) is 1. The third-order valence-electron chi connectivity index (χ3n) is 3.89. The van der Waals surface area contributed by atoms with E-state index in [4.69, 9.17) is 11.6 Å². The summed E-state index contributed by atoms with van der Waals surface area (Å²) >= 11 is 5.83. The fourth-order valence-electron chi connectivity index (χ4n) is 2.48. The number of halogens is 1. The van der Waals surface area contributed by atoms with Crippen molar-refractivity contribution >= 4 is 23.4 Å². The third kappa shape index (κ3) is 3.75. The number of nitrogens with zero attached hydrogens (tertiary/aromatic N) is 1. The largest absolute Gasteiger partial charge is 0.389 e. The van der Waals surface area contributed by atoms with Gasteiger partial charge in [-0.15, -0.1) is 0 Å². The minimum atomic E-state index is -0.445. The molecule has 0 radical (unpaired) electrons. The fraction of sp³-hybridized carbons (Fsp3) is 0.222. The van der Waals surface area contributed by atoms with Crippen molar-refractivity contribution in [3.8, 4) is 0 Å². The lowest BCUT2D eigenvalue weighted by atomic mass is 10.1. The average Bonchev–Trinajstić information content (AvgIpc) is 2.58. The van der Waals surface area contributed by atoms with E-state index in [1.165, 1.54) is 0 Å². The number of hydrogen-bond acceptors (Lipinski definition) is 3. The first kappa shape index (κ1) is 16.5. The van der Waals surface area contributed by atoms with Crippen LogP contribution in [0.25, 0.3) is 0 Å². The molecule has 0 bridgehead atoms. The molecule has 2 aromatic carbocycles. The molecule has 6 heteroatoms. The summed E-state index contributed by atoms with van der Waals surface area (Å²) in [5, 5.41) is 12.7. The van der Waals surface area contributed by atoms with Gasteiger partial charge in [0.05, 0.1) is 6.10 Å². The Balaban J connectivity index is 1.63. The zero-order valence-electron chi connectivity index (χ0n) is 12.9. The van der Waals surface area contributed by atoms with Crippen molar-refractivity contribution in [2.45, 2.75) is 12.6 Å². The summed E-state index contributed by atoms with van der Waals surface area (Å²) < 4.78 is 0. The van der Waals surface area contributed by atoms with Gasteiger partial charge in [0.25, 0.3) is 11.8 Å². The number of aliphatic hydroxyl groups is 1. The van der Waals surface area contributed by atoms with E-state index >= 15 is 0 Å². The fourth-order valence-corrected chi connectivity index (χ4v) is 2.61. The highest BCUT2D eigenvalue weighted by atomic mass is 35.5. The van der Waals surface area contributed by atoms with Crippen LogP contribution in [0, 0.1) is 0 Å². The summed E-state index contributed by atoms with van der Waals surface area (Å²) in [6.45, 7) is 1.06. The monoisotopic (exact) mass is 344 g/mol. The molecule has 0 atom stereocenters. The average molecular weight is 345 g/mol. The van der Waals surface area contributed by atoms with Crippen LogP contribution in [0.15, 0.2) is 48.5 Å². The lowest BCUT2D eigenvalue weighted by Crippen LogP contribution is -2.53. The molecule has 5 nitrogen and oxygen atoms in total. The molecule has 124 valence electrons. The molecule has 1 heterocycles. The summed E-state index contributed by atoms with van der Waals surface area (Å²) in [5.41, 5.74) is 1.81. The standard InChI is InChI=1S/C18H17ClN2O3/c19-15-6-4-12(5-7-15)9-20-17(23)13-2-1-3-14(8-13)18(24)21-10-16(22)11-21/h1-8,16,22H,9-11H2,(H,20,23). The summed E-state index contributed by atoms with van der Waals surface area (Å²) in [5.74, 6) is -0.420. The molecular weight excluding hydrogens is 328 g/mol. The molecule has 0 spiro atoms. The minimum Gasteiger partial charge on any atom is -0.389 e. The Morgan fingerprint density at radius 3 is 2.46 bits per heavy atom. The first-order valence-electron chi connectivity index (χ1n) is 7.63. The van der Waals surface area contributed by atoms with Crippen molar-refractivity contribution in [2.24, 2.45) is 0 Å². The van der Waals surface area contributed by atoms with Crippen molar-refractivity contribution in [3.05, 3.63) is 70.2 Å². The number of amides is 2. The Bertz CT molecular complexity index is 755. The van der Waals surface area contributed by atoms with Gasteiger partial charge in [0.1, 0.15) is 0 Å². The van der Waals surface area contributed by atoms with Crippen molar-refractivity contribution in [1.82, 2.24) is 10.2 Å². The number of aliphatic hydroxyl groups excluding tert-OH is 1. The van der Waals surface area contributed by atoms with Crippen molar-refractivity contribution in [3.63, 3.8) is 0 Å². The highest BCUT2D eigenvalue weighted by Gasteiger charge is 2.29. The van der Waals surface area contributed by atoms with Gasteiger partial charge in [0.2, 0.25) is 0 Å². The van der Waals surface area contributed by atoms with Gasteiger partial charge >= 0.3 is 0 Å². The van der Waals surface area contributed by atoms with Crippen molar-refractivity contribution in [1.29, 1.82) is 0 Å². The predicted molar refractivity (Wildman–Crippen MR) is 91.0 cm³/mol. The molecule has 0 saturated carbocycles. The molecule has 2 aromatic rings. The molecular formula is C18H17ClN2O3. The Kier molecular flexibility index (Phi) is 4.83. The van der Waals surface area contributed by atoms with Crippen molar-refractivity contribution in [2.75, 3.05) is 13.1 Å². The molecule has 0 unspecified atom stereocenters. The number of carbonyl (C=O) groups is 2.